The standard InChI is InChI=1S/C14H18O2/c1-3-14(16-12(2)15)11-7-10-13-8-5-4-6-9-13/h3-6,8-9,14H,1,7,10-11H2,2H3. The van der Waals surface area contributed by atoms with E-state index in [0.717, 1.165) is 19.3 Å². The maximum atomic E-state index is 10.8. The molecular formula is C14H18O2. The van der Waals surface area contributed by atoms with Crippen LogP contribution in [0.25, 0.3) is 0 Å². The summed E-state index contributed by atoms with van der Waals surface area (Å²) in [6.45, 7) is 5.09. The average molecular weight is 218 g/mol. The summed E-state index contributed by atoms with van der Waals surface area (Å²) in [5.41, 5.74) is 1.31. The molecule has 0 fully saturated rings. The number of rotatable bonds is 6. The van der Waals surface area contributed by atoms with Gasteiger partial charge >= 0.3 is 5.97 Å². The Morgan fingerprint density at radius 3 is 2.69 bits per heavy atom. The molecule has 0 N–H and O–H groups in total. The van der Waals surface area contributed by atoms with Gasteiger partial charge in [0, 0.05) is 6.92 Å². The topological polar surface area (TPSA) is 26.3 Å². The predicted octanol–water partition coefficient (Wildman–Crippen LogP) is 3.13. The molecule has 0 aliphatic heterocycles. The first-order chi connectivity index (χ1) is 7.72. The molecule has 16 heavy (non-hydrogen) atoms. The predicted molar refractivity (Wildman–Crippen MR) is 65.1 cm³/mol. The van der Waals surface area contributed by atoms with E-state index in [4.69, 9.17) is 4.74 Å². The lowest BCUT2D eigenvalue weighted by atomic mass is 10.1. The number of ether oxygens (including phenoxy) is 1. The highest BCUT2D eigenvalue weighted by atomic mass is 16.5. The lowest BCUT2D eigenvalue weighted by molar-refractivity contribution is -0.144. The number of esters is 1. The molecule has 0 aliphatic carbocycles. The van der Waals surface area contributed by atoms with Crippen LogP contribution in [0.4, 0.5) is 0 Å². The zero-order chi connectivity index (χ0) is 11.8. The van der Waals surface area contributed by atoms with E-state index in [9.17, 15) is 4.79 Å². The third-order valence-corrected chi connectivity index (χ3v) is 2.38. The Bertz CT molecular complexity index is 330. The molecule has 1 aromatic carbocycles. The number of carbonyl (C=O) groups is 1. The van der Waals surface area contributed by atoms with Crippen molar-refractivity contribution in [2.24, 2.45) is 0 Å². The number of aryl methyl sites for hydroxylation is 1. The molecule has 0 aromatic heterocycles. The van der Waals surface area contributed by atoms with Crippen LogP contribution < -0.4 is 0 Å². The number of hydrogen-bond acceptors (Lipinski definition) is 2. The van der Waals surface area contributed by atoms with E-state index in [1.165, 1.54) is 12.5 Å². The van der Waals surface area contributed by atoms with Crippen LogP contribution >= 0.6 is 0 Å². The van der Waals surface area contributed by atoms with E-state index in [1.54, 1.807) is 6.08 Å². The fraction of sp³-hybridized carbons (Fsp3) is 0.357. The van der Waals surface area contributed by atoms with Gasteiger partial charge in [0.05, 0.1) is 0 Å². The largest absolute Gasteiger partial charge is 0.458 e. The zero-order valence-corrected chi connectivity index (χ0v) is 9.69. The van der Waals surface area contributed by atoms with E-state index in [-0.39, 0.29) is 12.1 Å². The van der Waals surface area contributed by atoms with Gasteiger partial charge in [-0.1, -0.05) is 43.0 Å². The highest BCUT2D eigenvalue weighted by molar-refractivity contribution is 5.66. The Labute approximate surface area is 96.9 Å². The third kappa shape index (κ3) is 4.78. The molecule has 0 radical (unpaired) electrons. The van der Waals surface area contributed by atoms with Crippen molar-refractivity contribution >= 4 is 5.97 Å². The van der Waals surface area contributed by atoms with Crippen molar-refractivity contribution in [2.75, 3.05) is 0 Å². The normalized spacial score (nSPS) is 11.8. The van der Waals surface area contributed by atoms with E-state index < -0.39 is 0 Å². The highest BCUT2D eigenvalue weighted by Crippen LogP contribution is 2.09. The first-order valence-electron chi connectivity index (χ1n) is 5.56. The number of benzene rings is 1. The fourth-order valence-corrected chi connectivity index (χ4v) is 1.59. The molecule has 1 atom stereocenters. The van der Waals surface area contributed by atoms with Crippen molar-refractivity contribution in [1.82, 2.24) is 0 Å². The van der Waals surface area contributed by atoms with Gasteiger partial charge in [0.25, 0.3) is 0 Å². The lowest BCUT2D eigenvalue weighted by Crippen LogP contribution is -2.13. The van der Waals surface area contributed by atoms with Crippen LogP contribution in [0.5, 0.6) is 0 Å². The van der Waals surface area contributed by atoms with Crippen molar-refractivity contribution in [1.29, 1.82) is 0 Å². The van der Waals surface area contributed by atoms with Crippen LogP contribution in [-0.2, 0) is 16.0 Å². The second-order valence-corrected chi connectivity index (χ2v) is 3.76. The molecule has 0 spiro atoms. The Balaban J connectivity index is 2.28. The molecule has 1 rings (SSSR count). The van der Waals surface area contributed by atoms with Crippen LogP contribution in [0, 0.1) is 0 Å². The molecular weight excluding hydrogens is 200 g/mol. The molecule has 0 saturated carbocycles. The maximum Gasteiger partial charge on any atom is 0.303 e. The van der Waals surface area contributed by atoms with Crippen LogP contribution in [-0.4, -0.2) is 12.1 Å². The first-order valence-corrected chi connectivity index (χ1v) is 5.56. The molecule has 0 saturated heterocycles. The van der Waals surface area contributed by atoms with Gasteiger partial charge in [-0.05, 0) is 24.8 Å². The number of hydrogen-bond donors (Lipinski definition) is 0. The van der Waals surface area contributed by atoms with Gasteiger partial charge in [0.15, 0.2) is 0 Å². The summed E-state index contributed by atoms with van der Waals surface area (Å²) in [7, 11) is 0. The van der Waals surface area contributed by atoms with E-state index in [0.29, 0.717) is 0 Å². The molecule has 1 aromatic rings. The number of carbonyl (C=O) groups excluding carboxylic acids is 1. The second-order valence-electron chi connectivity index (χ2n) is 3.76. The van der Waals surface area contributed by atoms with E-state index >= 15 is 0 Å². The molecule has 86 valence electrons. The van der Waals surface area contributed by atoms with E-state index in [2.05, 4.69) is 18.7 Å². The first kappa shape index (κ1) is 12.5. The van der Waals surface area contributed by atoms with Gasteiger partial charge in [-0.25, -0.2) is 0 Å². The highest BCUT2D eigenvalue weighted by Gasteiger charge is 2.06. The summed E-state index contributed by atoms with van der Waals surface area (Å²) >= 11 is 0. The van der Waals surface area contributed by atoms with Gasteiger partial charge < -0.3 is 4.74 Å². The van der Waals surface area contributed by atoms with Crippen LogP contribution in [0.1, 0.15) is 25.3 Å². The van der Waals surface area contributed by atoms with Crippen molar-refractivity contribution in [2.45, 2.75) is 32.3 Å². The Morgan fingerprint density at radius 1 is 1.44 bits per heavy atom. The smallest absolute Gasteiger partial charge is 0.303 e. The Hall–Kier alpha value is -1.57. The Kier molecular flexibility index (Phi) is 5.34. The minimum Gasteiger partial charge on any atom is -0.458 e. The zero-order valence-electron chi connectivity index (χ0n) is 9.69. The Morgan fingerprint density at radius 2 is 2.12 bits per heavy atom. The summed E-state index contributed by atoms with van der Waals surface area (Å²) in [4.78, 5) is 10.8. The minimum atomic E-state index is -0.246. The summed E-state index contributed by atoms with van der Waals surface area (Å²) in [6, 6.07) is 10.3. The summed E-state index contributed by atoms with van der Waals surface area (Å²) in [5, 5.41) is 0. The van der Waals surface area contributed by atoms with Crippen LogP contribution in [0.2, 0.25) is 0 Å². The molecule has 0 amide bonds. The van der Waals surface area contributed by atoms with Gasteiger partial charge in [-0.3, -0.25) is 4.79 Å². The third-order valence-electron chi connectivity index (χ3n) is 2.38. The monoisotopic (exact) mass is 218 g/mol. The van der Waals surface area contributed by atoms with Crippen molar-refractivity contribution in [3.05, 3.63) is 48.6 Å². The SMILES string of the molecule is C=CC(CCCc1ccccc1)OC(C)=O. The second kappa shape index (κ2) is 6.83. The molecule has 2 nitrogen and oxygen atoms in total. The molecule has 2 heteroatoms. The van der Waals surface area contributed by atoms with Gasteiger partial charge in [-0.15, -0.1) is 0 Å². The van der Waals surface area contributed by atoms with Gasteiger partial charge in [0.1, 0.15) is 6.10 Å². The molecule has 1 unspecified atom stereocenters. The van der Waals surface area contributed by atoms with Crippen molar-refractivity contribution < 1.29 is 9.53 Å². The molecule has 0 heterocycles. The summed E-state index contributed by atoms with van der Waals surface area (Å²) in [6.07, 6.45) is 4.37. The van der Waals surface area contributed by atoms with Crippen LogP contribution in [0.15, 0.2) is 43.0 Å². The maximum absolute atomic E-state index is 10.8. The summed E-state index contributed by atoms with van der Waals surface area (Å²) in [5.74, 6) is -0.246. The summed E-state index contributed by atoms with van der Waals surface area (Å²) < 4.78 is 5.08. The molecule has 0 bridgehead atoms. The lowest BCUT2D eigenvalue weighted by Gasteiger charge is -2.12. The quantitative estimate of drug-likeness (QED) is 0.541. The van der Waals surface area contributed by atoms with E-state index in [1.807, 2.05) is 18.2 Å². The average Bonchev–Trinajstić information content (AvgIpc) is 2.28. The van der Waals surface area contributed by atoms with Crippen molar-refractivity contribution in [3.63, 3.8) is 0 Å². The molecule has 0 aliphatic rings. The fourth-order valence-electron chi connectivity index (χ4n) is 1.59. The van der Waals surface area contributed by atoms with Gasteiger partial charge in [0.2, 0.25) is 0 Å². The van der Waals surface area contributed by atoms with Crippen LogP contribution in [0.3, 0.4) is 0 Å². The minimum absolute atomic E-state index is 0.152. The van der Waals surface area contributed by atoms with Crippen molar-refractivity contribution in [3.8, 4) is 0 Å². The van der Waals surface area contributed by atoms with Gasteiger partial charge in [-0.2, -0.15) is 0 Å².